The van der Waals surface area contributed by atoms with E-state index in [0.717, 1.165) is 23.4 Å². The fourth-order valence-corrected chi connectivity index (χ4v) is 2.93. The first-order chi connectivity index (χ1) is 10.1. The zero-order valence-corrected chi connectivity index (χ0v) is 12.5. The largest absolute Gasteiger partial charge is 0.395 e. The number of hydrogen-bond acceptors (Lipinski definition) is 3. The van der Waals surface area contributed by atoms with E-state index >= 15 is 0 Å². The van der Waals surface area contributed by atoms with Gasteiger partial charge in [0.15, 0.2) is 0 Å². The van der Waals surface area contributed by atoms with Crippen LogP contribution in [0.25, 0.3) is 0 Å². The Kier molecular flexibility index (Phi) is 3.97. The Hall–Kier alpha value is -1.43. The third-order valence-electron chi connectivity index (χ3n) is 4.02. The third kappa shape index (κ3) is 2.81. The summed E-state index contributed by atoms with van der Waals surface area (Å²) in [7, 11) is 1.96. The van der Waals surface area contributed by atoms with Gasteiger partial charge in [-0.05, 0) is 17.7 Å². The molecule has 4 nitrogen and oxygen atoms in total. The summed E-state index contributed by atoms with van der Waals surface area (Å²) in [6.07, 6.45) is 2.54. The van der Waals surface area contributed by atoms with Crippen LogP contribution in [-0.4, -0.2) is 32.2 Å². The number of aryl methyl sites for hydroxylation is 1. The maximum Gasteiger partial charge on any atom is 0.142 e. The summed E-state index contributed by atoms with van der Waals surface area (Å²) in [5.74, 6) is -0.412. The summed E-state index contributed by atoms with van der Waals surface area (Å²) in [6, 6.07) is 4.85. The molecule has 6 heteroatoms. The first-order valence-corrected chi connectivity index (χ1v) is 7.24. The van der Waals surface area contributed by atoms with Crippen LogP contribution >= 0.6 is 11.6 Å². The second-order valence-electron chi connectivity index (χ2n) is 5.44. The molecular formula is C15H17ClFN3O. The quantitative estimate of drug-likeness (QED) is 0.944. The summed E-state index contributed by atoms with van der Waals surface area (Å²) in [5, 5.41) is 9.75. The van der Waals surface area contributed by atoms with Crippen molar-refractivity contribution in [3.8, 4) is 0 Å². The zero-order chi connectivity index (χ0) is 15.0. The van der Waals surface area contributed by atoms with E-state index in [4.69, 9.17) is 11.6 Å². The number of aliphatic hydroxyl groups is 1. The van der Waals surface area contributed by atoms with E-state index in [-0.39, 0.29) is 17.7 Å². The molecule has 112 valence electrons. The van der Waals surface area contributed by atoms with Crippen molar-refractivity contribution in [2.45, 2.75) is 25.6 Å². The highest BCUT2D eigenvalue weighted by Gasteiger charge is 2.28. The van der Waals surface area contributed by atoms with Crippen molar-refractivity contribution >= 4 is 11.6 Å². The number of hydrogen-bond donors (Lipinski definition) is 1. The van der Waals surface area contributed by atoms with Crippen LogP contribution in [0.4, 0.5) is 4.39 Å². The van der Waals surface area contributed by atoms with Gasteiger partial charge in [-0.15, -0.1) is 0 Å². The average molecular weight is 310 g/mol. The molecule has 0 fully saturated rings. The predicted octanol–water partition coefficient (Wildman–Crippen LogP) is 2.13. The van der Waals surface area contributed by atoms with Gasteiger partial charge < -0.3 is 9.67 Å². The molecule has 0 aliphatic carbocycles. The maximum absolute atomic E-state index is 13.5. The number of imidazole rings is 1. The molecular weight excluding hydrogens is 293 g/mol. The second kappa shape index (κ2) is 5.75. The van der Waals surface area contributed by atoms with Crippen LogP contribution < -0.4 is 0 Å². The van der Waals surface area contributed by atoms with Gasteiger partial charge in [-0.25, -0.2) is 9.37 Å². The Balaban J connectivity index is 1.82. The molecule has 0 saturated carbocycles. The number of fused-ring (bicyclic) bond motifs is 1. The standard InChI is InChI=1S/C15H17ClFN3O/c1-19-9-18-14-7-20(11(8-21)5-15(14)19)6-10-2-3-12(16)13(17)4-10/h2-4,9,11,21H,5-8H2,1H3/t11-/m0/s1. The molecule has 0 bridgehead atoms. The van der Waals surface area contributed by atoms with Crippen LogP contribution in [0.15, 0.2) is 24.5 Å². The van der Waals surface area contributed by atoms with Gasteiger partial charge in [0.1, 0.15) is 5.82 Å². The highest BCUT2D eigenvalue weighted by molar-refractivity contribution is 6.30. The molecule has 21 heavy (non-hydrogen) atoms. The molecule has 0 unspecified atom stereocenters. The van der Waals surface area contributed by atoms with Crippen LogP contribution in [0.3, 0.4) is 0 Å². The van der Waals surface area contributed by atoms with E-state index in [9.17, 15) is 9.50 Å². The number of rotatable bonds is 3. The van der Waals surface area contributed by atoms with E-state index in [2.05, 4.69) is 9.88 Å². The molecule has 1 N–H and O–H groups in total. The Morgan fingerprint density at radius 1 is 1.48 bits per heavy atom. The van der Waals surface area contributed by atoms with E-state index in [0.29, 0.717) is 13.1 Å². The van der Waals surface area contributed by atoms with Crippen LogP contribution in [0.1, 0.15) is 17.0 Å². The van der Waals surface area contributed by atoms with Crippen LogP contribution in [0.2, 0.25) is 5.02 Å². The second-order valence-corrected chi connectivity index (χ2v) is 5.85. The number of aliphatic hydroxyl groups excluding tert-OH is 1. The maximum atomic E-state index is 13.5. The van der Waals surface area contributed by atoms with Crippen molar-refractivity contribution in [2.24, 2.45) is 7.05 Å². The highest BCUT2D eigenvalue weighted by Crippen LogP contribution is 2.24. The third-order valence-corrected chi connectivity index (χ3v) is 4.33. The lowest BCUT2D eigenvalue weighted by Gasteiger charge is -2.34. The van der Waals surface area contributed by atoms with Crippen molar-refractivity contribution in [1.29, 1.82) is 0 Å². The average Bonchev–Trinajstić information content (AvgIpc) is 2.83. The lowest BCUT2D eigenvalue weighted by molar-refractivity contribution is 0.0967. The Bertz CT molecular complexity index is 658. The number of nitrogens with zero attached hydrogens (tertiary/aromatic N) is 3. The first kappa shape index (κ1) is 14.5. The van der Waals surface area contributed by atoms with Crippen LogP contribution in [0.5, 0.6) is 0 Å². The van der Waals surface area contributed by atoms with Gasteiger partial charge in [0.25, 0.3) is 0 Å². The smallest absolute Gasteiger partial charge is 0.142 e. The van der Waals surface area contributed by atoms with Crippen molar-refractivity contribution in [3.63, 3.8) is 0 Å². The van der Waals surface area contributed by atoms with Gasteiger partial charge in [0.05, 0.1) is 23.7 Å². The van der Waals surface area contributed by atoms with Crippen LogP contribution in [-0.2, 0) is 26.6 Å². The summed E-state index contributed by atoms with van der Waals surface area (Å²) in [6.45, 7) is 1.29. The normalized spacial score (nSPS) is 18.8. The van der Waals surface area contributed by atoms with Gasteiger partial charge in [0.2, 0.25) is 0 Å². The Labute approximate surface area is 127 Å². The molecule has 1 aromatic carbocycles. The van der Waals surface area contributed by atoms with Crippen molar-refractivity contribution < 1.29 is 9.50 Å². The SMILES string of the molecule is Cn1cnc2c1C[C@@H](CO)N(Cc1ccc(Cl)c(F)c1)C2. The number of aromatic nitrogens is 2. The molecule has 1 aromatic heterocycles. The van der Waals surface area contributed by atoms with Crippen molar-refractivity contribution in [3.05, 3.63) is 52.3 Å². The summed E-state index contributed by atoms with van der Waals surface area (Å²) >= 11 is 5.71. The first-order valence-electron chi connectivity index (χ1n) is 6.86. The molecule has 0 saturated heterocycles. The van der Waals surface area contributed by atoms with E-state index < -0.39 is 5.82 Å². The molecule has 2 aromatic rings. The molecule has 3 rings (SSSR count). The lowest BCUT2D eigenvalue weighted by atomic mass is 10.0. The predicted molar refractivity (Wildman–Crippen MR) is 78.4 cm³/mol. The summed E-state index contributed by atoms with van der Waals surface area (Å²) in [5.41, 5.74) is 3.03. The van der Waals surface area contributed by atoms with Crippen molar-refractivity contribution in [2.75, 3.05) is 6.61 Å². The highest BCUT2D eigenvalue weighted by atomic mass is 35.5. The minimum absolute atomic E-state index is 0.0200. The Morgan fingerprint density at radius 2 is 2.29 bits per heavy atom. The topological polar surface area (TPSA) is 41.3 Å². The van der Waals surface area contributed by atoms with Crippen LogP contribution in [0, 0.1) is 5.82 Å². The summed E-state index contributed by atoms with van der Waals surface area (Å²) in [4.78, 5) is 6.52. The monoisotopic (exact) mass is 309 g/mol. The molecule has 0 radical (unpaired) electrons. The van der Waals surface area contributed by atoms with Crippen molar-refractivity contribution in [1.82, 2.24) is 14.5 Å². The fraction of sp³-hybridized carbons (Fsp3) is 0.400. The zero-order valence-electron chi connectivity index (χ0n) is 11.8. The van der Waals surface area contributed by atoms with E-state index in [1.165, 1.54) is 6.07 Å². The molecule has 1 aliphatic rings. The van der Waals surface area contributed by atoms with Gasteiger partial charge in [-0.3, -0.25) is 4.90 Å². The fourth-order valence-electron chi connectivity index (χ4n) is 2.81. The summed E-state index contributed by atoms with van der Waals surface area (Å²) < 4.78 is 15.5. The van der Waals surface area contributed by atoms with Gasteiger partial charge in [-0.2, -0.15) is 0 Å². The van der Waals surface area contributed by atoms with E-state index in [1.54, 1.807) is 12.4 Å². The number of halogens is 2. The van der Waals surface area contributed by atoms with Gasteiger partial charge in [-0.1, -0.05) is 17.7 Å². The molecule has 2 heterocycles. The molecule has 1 atom stereocenters. The minimum Gasteiger partial charge on any atom is -0.395 e. The van der Waals surface area contributed by atoms with Gasteiger partial charge >= 0.3 is 0 Å². The molecule has 1 aliphatic heterocycles. The number of benzene rings is 1. The minimum atomic E-state index is -0.412. The lowest BCUT2D eigenvalue weighted by Crippen LogP contribution is -2.42. The molecule has 0 spiro atoms. The molecule has 0 amide bonds. The van der Waals surface area contributed by atoms with E-state index in [1.807, 2.05) is 17.7 Å². The van der Waals surface area contributed by atoms with Gasteiger partial charge in [0, 0.05) is 38.3 Å². The Morgan fingerprint density at radius 3 is 3.00 bits per heavy atom.